The number of nitrogens with zero attached hydrogens (tertiary/aromatic N) is 2. The third-order valence-electron chi connectivity index (χ3n) is 4.23. The molecule has 0 spiro atoms. The highest BCUT2D eigenvalue weighted by Gasteiger charge is 2.19. The van der Waals surface area contributed by atoms with Crippen LogP contribution in [-0.2, 0) is 9.59 Å². The van der Waals surface area contributed by atoms with Gasteiger partial charge in [-0.15, -0.1) is 11.3 Å². The molecule has 2 N–H and O–H groups in total. The van der Waals surface area contributed by atoms with Gasteiger partial charge < -0.3 is 15.2 Å². The Kier molecular flexibility index (Phi) is 6.03. The molecule has 3 rings (SSSR count). The fraction of sp³-hybridized carbons (Fsp3) is 0.250. The van der Waals surface area contributed by atoms with Gasteiger partial charge >= 0.3 is 0 Å². The Morgan fingerprint density at radius 1 is 1.19 bits per heavy atom. The molecule has 1 aromatic carbocycles. The van der Waals surface area contributed by atoms with Gasteiger partial charge in [0.2, 0.25) is 11.8 Å². The zero-order chi connectivity index (χ0) is 19.2. The first-order valence-electron chi connectivity index (χ1n) is 8.71. The fourth-order valence-electron chi connectivity index (χ4n) is 2.87. The van der Waals surface area contributed by atoms with Crippen molar-refractivity contribution in [2.45, 2.75) is 32.4 Å². The molecule has 140 valence electrons. The minimum atomic E-state index is -0.307. The minimum absolute atomic E-state index is 0.103. The molecule has 0 fully saturated rings. The van der Waals surface area contributed by atoms with E-state index in [4.69, 9.17) is 0 Å². The van der Waals surface area contributed by atoms with Crippen LogP contribution < -0.4 is 10.6 Å². The maximum absolute atomic E-state index is 12.5. The quantitative estimate of drug-likeness (QED) is 0.658. The number of nitrogens with one attached hydrogen (secondary N) is 2. The number of hydrogen-bond donors (Lipinski definition) is 2. The van der Waals surface area contributed by atoms with E-state index >= 15 is 0 Å². The topological polar surface area (TPSA) is 76.0 Å². The number of aromatic nitrogens is 2. The Bertz CT molecular complexity index is 873. The summed E-state index contributed by atoms with van der Waals surface area (Å²) in [4.78, 5) is 29.0. The molecule has 2 amide bonds. The molecule has 0 aliphatic rings. The third kappa shape index (κ3) is 5.04. The number of rotatable bonds is 7. The lowest BCUT2D eigenvalue weighted by Crippen LogP contribution is -2.33. The van der Waals surface area contributed by atoms with Crippen LogP contribution in [0.1, 0.15) is 42.8 Å². The van der Waals surface area contributed by atoms with E-state index in [0.29, 0.717) is 0 Å². The first-order valence-corrected chi connectivity index (χ1v) is 9.59. The molecule has 0 aliphatic heterocycles. The summed E-state index contributed by atoms with van der Waals surface area (Å²) in [6, 6.07) is 11.4. The van der Waals surface area contributed by atoms with Crippen molar-refractivity contribution < 1.29 is 9.59 Å². The van der Waals surface area contributed by atoms with Crippen LogP contribution in [0.15, 0.2) is 60.5 Å². The second-order valence-corrected chi connectivity index (χ2v) is 7.30. The summed E-state index contributed by atoms with van der Waals surface area (Å²) in [5.74, 6) is -0.252. The summed E-state index contributed by atoms with van der Waals surface area (Å²) in [6.07, 6.45) is 5.56. The van der Waals surface area contributed by atoms with Crippen molar-refractivity contribution in [3.8, 4) is 5.69 Å². The maximum Gasteiger partial charge on any atom is 0.222 e. The second-order valence-electron chi connectivity index (χ2n) is 6.32. The smallest absolute Gasteiger partial charge is 0.222 e. The minimum Gasteiger partial charge on any atom is -0.350 e. The predicted molar refractivity (Wildman–Crippen MR) is 106 cm³/mol. The van der Waals surface area contributed by atoms with E-state index in [1.807, 2.05) is 59.5 Å². The standard InChI is InChI=1S/C20H22N4O2S/c1-14(16-5-7-17(8-6-16)24-10-9-21-13-24)22-20(26)12-18(23-15(2)25)19-4-3-11-27-19/h3-11,13-14,18H,12H2,1-2H3,(H,22,26)(H,23,25)/t14-,18+/m0/s1. The van der Waals surface area contributed by atoms with Gasteiger partial charge in [-0.3, -0.25) is 9.59 Å². The zero-order valence-electron chi connectivity index (χ0n) is 15.3. The van der Waals surface area contributed by atoms with E-state index in [1.165, 1.54) is 18.3 Å². The highest BCUT2D eigenvalue weighted by Crippen LogP contribution is 2.23. The van der Waals surface area contributed by atoms with E-state index in [1.54, 1.807) is 12.5 Å². The maximum atomic E-state index is 12.5. The number of imidazole rings is 1. The average molecular weight is 382 g/mol. The number of benzene rings is 1. The fourth-order valence-corrected chi connectivity index (χ4v) is 3.65. The molecule has 0 unspecified atom stereocenters. The van der Waals surface area contributed by atoms with Crippen molar-refractivity contribution in [2.24, 2.45) is 0 Å². The lowest BCUT2D eigenvalue weighted by atomic mass is 10.1. The lowest BCUT2D eigenvalue weighted by Gasteiger charge is -2.19. The SMILES string of the molecule is CC(=O)N[C@H](CC(=O)N[C@@H](C)c1ccc(-n2ccnc2)cc1)c1cccs1. The van der Waals surface area contributed by atoms with Crippen molar-refractivity contribution in [3.05, 3.63) is 70.9 Å². The molecular formula is C20H22N4O2S. The molecule has 2 heterocycles. The summed E-state index contributed by atoms with van der Waals surface area (Å²) >= 11 is 1.53. The van der Waals surface area contributed by atoms with E-state index in [0.717, 1.165) is 16.1 Å². The zero-order valence-corrected chi connectivity index (χ0v) is 16.1. The number of amides is 2. The van der Waals surface area contributed by atoms with E-state index < -0.39 is 0 Å². The van der Waals surface area contributed by atoms with Crippen molar-refractivity contribution in [3.63, 3.8) is 0 Å². The average Bonchev–Trinajstić information content (AvgIpc) is 3.34. The summed E-state index contributed by atoms with van der Waals surface area (Å²) in [5, 5.41) is 7.80. The Labute approximate surface area is 162 Å². The van der Waals surface area contributed by atoms with Gasteiger partial charge in [0.25, 0.3) is 0 Å². The molecule has 0 aliphatic carbocycles. The third-order valence-corrected chi connectivity index (χ3v) is 5.21. The van der Waals surface area contributed by atoms with E-state index in [2.05, 4.69) is 15.6 Å². The van der Waals surface area contributed by atoms with Crippen LogP contribution in [0.5, 0.6) is 0 Å². The highest BCUT2D eigenvalue weighted by molar-refractivity contribution is 7.10. The summed E-state index contributed by atoms with van der Waals surface area (Å²) in [5.41, 5.74) is 2.03. The van der Waals surface area contributed by atoms with Crippen molar-refractivity contribution in [2.75, 3.05) is 0 Å². The summed E-state index contributed by atoms with van der Waals surface area (Å²) in [7, 11) is 0. The summed E-state index contributed by atoms with van der Waals surface area (Å²) < 4.78 is 1.92. The second kappa shape index (κ2) is 8.64. The lowest BCUT2D eigenvalue weighted by molar-refractivity contribution is -0.123. The predicted octanol–water partition coefficient (Wildman–Crippen LogP) is 3.38. The molecule has 0 saturated carbocycles. The molecule has 2 atom stereocenters. The number of carbonyl (C=O) groups excluding carboxylic acids is 2. The number of thiophene rings is 1. The van der Waals surface area contributed by atoms with Gasteiger partial charge in [0.1, 0.15) is 0 Å². The molecule has 7 heteroatoms. The molecule has 0 radical (unpaired) electrons. The first-order chi connectivity index (χ1) is 13.0. The molecule has 0 bridgehead atoms. The number of hydrogen-bond acceptors (Lipinski definition) is 4. The molecule has 2 aromatic heterocycles. The normalized spacial score (nSPS) is 13.0. The molecule has 3 aromatic rings. The van der Waals surface area contributed by atoms with Gasteiger partial charge in [0, 0.05) is 29.9 Å². The molecule has 6 nitrogen and oxygen atoms in total. The molecule has 0 saturated heterocycles. The van der Waals surface area contributed by atoms with Gasteiger partial charge in [-0.25, -0.2) is 4.98 Å². The van der Waals surface area contributed by atoms with Crippen LogP contribution in [0, 0.1) is 0 Å². The highest BCUT2D eigenvalue weighted by atomic mass is 32.1. The Balaban J connectivity index is 1.61. The van der Waals surface area contributed by atoms with Gasteiger partial charge in [-0.05, 0) is 36.1 Å². The van der Waals surface area contributed by atoms with Crippen LogP contribution in [-0.4, -0.2) is 21.4 Å². The van der Waals surface area contributed by atoms with E-state index in [9.17, 15) is 9.59 Å². The van der Waals surface area contributed by atoms with Crippen LogP contribution in [0.3, 0.4) is 0 Å². The van der Waals surface area contributed by atoms with Crippen LogP contribution in [0.25, 0.3) is 5.69 Å². The largest absolute Gasteiger partial charge is 0.350 e. The van der Waals surface area contributed by atoms with E-state index in [-0.39, 0.29) is 30.3 Å². The van der Waals surface area contributed by atoms with Gasteiger partial charge in [-0.1, -0.05) is 18.2 Å². The van der Waals surface area contributed by atoms with Crippen LogP contribution in [0.4, 0.5) is 0 Å². The van der Waals surface area contributed by atoms with Crippen LogP contribution >= 0.6 is 11.3 Å². The Morgan fingerprint density at radius 3 is 2.56 bits per heavy atom. The van der Waals surface area contributed by atoms with Crippen molar-refractivity contribution >= 4 is 23.2 Å². The Morgan fingerprint density at radius 2 is 1.96 bits per heavy atom. The van der Waals surface area contributed by atoms with Crippen molar-refractivity contribution in [1.82, 2.24) is 20.2 Å². The van der Waals surface area contributed by atoms with Crippen LogP contribution in [0.2, 0.25) is 0 Å². The summed E-state index contributed by atoms with van der Waals surface area (Å²) in [6.45, 7) is 3.41. The Hall–Kier alpha value is -2.93. The molecular weight excluding hydrogens is 360 g/mol. The monoisotopic (exact) mass is 382 g/mol. The van der Waals surface area contributed by atoms with Gasteiger partial charge in [0.05, 0.1) is 24.8 Å². The number of carbonyl (C=O) groups is 2. The first kappa shape index (κ1) is 18.8. The van der Waals surface area contributed by atoms with Gasteiger partial charge in [0.15, 0.2) is 0 Å². The molecule has 27 heavy (non-hydrogen) atoms. The van der Waals surface area contributed by atoms with Gasteiger partial charge in [-0.2, -0.15) is 0 Å². The van der Waals surface area contributed by atoms with Crippen molar-refractivity contribution in [1.29, 1.82) is 0 Å².